The molecule has 2 heterocycles. The number of para-hydroxylation sites is 1. The third kappa shape index (κ3) is 2.41. The van der Waals surface area contributed by atoms with Gasteiger partial charge < -0.3 is 14.3 Å². The highest BCUT2D eigenvalue weighted by Crippen LogP contribution is 2.39. The smallest absolute Gasteiger partial charge is 0.398 e. The molecule has 0 unspecified atom stereocenters. The number of nitrogens with one attached hydrogen (secondary N) is 1. The van der Waals surface area contributed by atoms with Gasteiger partial charge in [-0.15, -0.1) is 0 Å². The Labute approximate surface area is 124 Å². The average molecular weight is 287 g/mol. The first-order valence-electron chi connectivity index (χ1n) is 7.09. The van der Waals surface area contributed by atoms with Crippen molar-refractivity contribution < 1.29 is 13.7 Å². The predicted octanol–water partition coefficient (Wildman–Crippen LogP) is 4.11. The van der Waals surface area contributed by atoms with Crippen molar-refractivity contribution >= 4 is 24.1 Å². The topological polar surface area (TPSA) is 34.2 Å². The summed E-state index contributed by atoms with van der Waals surface area (Å²) in [4.78, 5) is 3.12. The van der Waals surface area contributed by atoms with Crippen LogP contribution in [0.3, 0.4) is 0 Å². The summed E-state index contributed by atoms with van der Waals surface area (Å²) in [5.74, 6) is 0. The van der Waals surface area contributed by atoms with Gasteiger partial charge in [0, 0.05) is 22.7 Å². The summed E-state index contributed by atoms with van der Waals surface area (Å²) in [5.41, 5.74) is 0.272. The Bertz CT molecular complexity index is 689. The highest BCUT2D eigenvalue weighted by Gasteiger charge is 2.53. The number of aromatic amines is 1. The Balaban J connectivity index is 1.91. The maximum Gasteiger partial charge on any atom is 0.525 e. The van der Waals surface area contributed by atoms with Crippen LogP contribution < -0.4 is 0 Å². The van der Waals surface area contributed by atoms with Crippen LogP contribution in [0.25, 0.3) is 17.0 Å². The van der Waals surface area contributed by atoms with Gasteiger partial charge in [0.1, 0.15) is 5.73 Å². The molecule has 1 N–H and O–H groups in total. The number of aromatic nitrogens is 1. The molecule has 3 nitrogen and oxygen atoms in total. The summed E-state index contributed by atoms with van der Waals surface area (Å²) >= 11 is 0. The van der Waals surface area contributed by atoms with Gasteiger partial charge in [-0.05, 0) is 39.8 Å². The molecule has 1 saturated heterocycles. The maximum atomic E-state index is 14.5. The number of rotatable bonds is 2. The van der Waals surface area contributed by atoms with E-state index in [0.717, 1.165) is 16.5 Å². The molecule has 0 atom stereocenters. The van der Waals surface area contributed by atoms with Crippen LogP contribution in [0.4, 0.5) is 4.39 Å². The van der Waals surface area contributed by atoms with Gasteiger partial charge in [-0.2, -0.15) is 0 Å². The Morgan fingerprint density at radius 1 is 1.14 bits per heavy atom. The third-order valence-corrected chi connectivity index (χ3v) is 4.39. The van der Waals surface area contributed by atoms with Crippen molar-refractivity contribution in [1.29, 1.82) is 0 Å². The van der Waals surface area contributed by atoms with Crippen molar-refractivity contribution in [2.24, 2.45) is 0 Å². The first-order chi connectivity index (χ1) is 9.80. The van der Waals surface area contributed by atoms with Gasteiger partial charge in [-0.25, -0.2) is 4.39 Å². The Morgan fingerprint density at radius 3 is 2.43 bits per heavy atom. The van der Waals surface area contributed by atoms with Crippen LogP contribution in [0, 0.1) is 0 Å². The second-order valence-electron chi connectivity index (χ2n) is 6.41. The molecule has 0 amide bonds. The SMILES string of the molecule is CC1(C)OB(C(F)=Cc2c[nH]c3ccccc23)OC1(C)C. The lowest BCUT2D eigenvalue weighted by Crippen LogP contribution is -2.41. The zero-order chi connectivity index (χ0) is 15.3. The first-order valence-corrected chi connectivity index (χ1v) is 7.09. The quantitative estimate of drug-likeness (QED) is 0.843. The van der Waals surface area contributed by atoms with E-state index >= 15 is 0 Å². The van der Waals surface area contributed by atoms with Crippen molar-refractivity contribution in [1.82, 2.24) is 4.98 Å². The molecule has 110 valence electrons. The van der Waals surface area contributed by atoms with Crippen LogP contribution in [-0.4, -0.2) is 23.3 Å². The fourth-order valence-corrected chi connectivity index (χ4v) is 2.39. The van der Waals surface area contributed by atoms with E-state index in [4.69, 9.17) is 9.31 Å². The summed E-state index contributed by atoms with van der Waals surface area (Å²) in [7, 11) is -0.955. The monoisotopic (exact) mass is 287 g/mol. The predicted molar refractivity (Wildman–Crippen MR) is 83.5 cm³/mol. The standard InChI is InChI=1S/C16H19BFNO2/c1-15(2)16(3,4)21-17(20-15)14(18)9-11-10-19-13-8-6-5-7-12(11)13/h5-10,19H,1-4H3. The number of hydrogen-bond acceptors (Lipinski definition) is 2. The van der Waals surface area contributed by atoms with Crippen LogP contribution in [0.1, 0.15) is 33.3 Å². The number of benzene rings is 1. The van der Waals surface area contributed by atoms with E-state index < -0.39 is 24.0 Å². The van der Waals surface area contributed by atoms with E-state index in [1.165, 1.54) is 6.08 Å². The number of H-pyrrole nitrogens is 1. The summed E-state index contributed by atoms with van der Waals surface area (Å²) < 4.78 is 25.9. The second-order valence-corrected chi connectivity index (χ2v) is 6.41. The molecule has 0 radical (unpaired) electrons. The minimum atomic E-state index is -0.955. The molecular formula is C16H19BFNO2. The summed E-state index contributed by atoms with van der Waals surface area (Å²) in [5, 5.41) is 0.976. The van der Waals surface area contributed by atoms with Crippen molar-refractivity contribution in [3.63, 3.8) is 0 Å². The average Bonchev–Trinajstić information content (AvgIpc) is 2.89. The number of hydrogen-bond donors (Lipinski definition) is 1. The molecule has 0 bridgehead atoms. The molecule has 0 aliphatic carbocycles. The summed E-state index contributed by atoms with van der Waals surface area (Å²) in [6.45, 7) is 7.63. The highest BCUT2D eigenvalue weighted by molar-refractivity contribution is 6.54. The van der Waals surface area contributed by atoms with Gasteiger partial charge in [0.05, 0.1) is 11.2 Å². The lowest BCUT2D eigenvalue weighted by Gasteiger charge is -2.32. The molecule has 1 fully saturated rings. The number of halogens is 1. The first kappa shape index (κ1) is 14.4. The van der Waals surface area contributed by atoms with E-state index in [1.54, 1.807) is 6.20 Å². The van der Waals surface area contributed by atoms with Crippen LogP contribution in [0.2, 0.25) is 0 Å². The van der Waals surface area contributed by atoms with Crippen LogP contribution >= 0.6 is 0 Å². The van der Waals surface area contributed by atoms with Gasteiger partial charge >= 0.3 is 7.12 Å². The summed E-state index contributed by atoms with van der Waals surface area (Å²) in [6.07, 6.45) is 3.26. The molecule has 1 aliphatic rings. The van der Waals surface area contributed by atoms with Crippen LogP contribution in [0.15, 0.2) is 36.2 Å². The zero-order valence-electron chi connectivity index (χ0n) is 12.7. The third-order valence-electron chi connectivity index (χ3n) is 4.39. The van der Waals surface area contributed by atoms with E-state index in [2.05, 4.69) is 4.98 Å². The van der Waals surface area contributed by atoms with E-state index in [1.807, 2.05) is 52.0 Å². The van der Waals surface area contributed by atoms with Gasteiger partial charge in [0.15, 0.2) is 0 Å². The molecule has 21 heavy (non-hydrogen) atoms. The van der Waals surface area contributed by atoms with Gasteiger partial charge in [-0.1, -0.05) is 18.2 Å². The lowest BCUT2D eigenvalue weighted by molar-refractivity contribution is 0.00578. The highest BCUT2D eigenvalue weighted by atomic mass is 19.1. The minimum Gasteiger partial charge on any atom is -0.398 e. The van der Waals surface area contributed by atoms with Crippen LogP contribution in [0.5, 0.6) is 0 Å². The fourth-order valence-electron chi connectivity index (χ4n) is 2.39. The van der Waals surface area contributed by atoms with Gasteiger partial charge in [-0.3, -0.25) is 0 Å². The van der Waals surface area contributed by atoms with E-state index in [-0.39, 0.29) is 0 Å². The van der Waals surface area contributed by atoms with Crippen LogP contribution in [-0.2, 0) is 9.31 Å². The van der Waals surface area contributed by atoms with E-state index in [9.17, 15) is 4.39 Å². The van der Waals surface area contributed by atoms with Gasteiger partial charge in [0.2, 0.25) is 0 Å². The van der Waals surface area contributed by atoms with Crippen molar-refractivity contribution in [3.05, 3.63) is 41.8 Å². The molecule has 5 heteroatoms. The Hall–Kier alpha value is -1.59. The van der Waals surface area contributed by atoms with Gasteiger partial charge in [0.25, 0.3) is 0 Å². The second kappa shape index (κ2) is 4.72. The molecule has 3 rings (SSSR count). The van der Waals surface area contributed by atoms with E-state index in [0.29, 0.717) is 0 Å². The molecule has 0 spiro atoms. The molecule has 1 aliphatic heterocycles. The largest absolute Gasteiger partial charge is 0.525 e. The van der Waals surface area contributed by atoms with Crippen molar-refractivity contribution in [3.8, 4) is 0 Å². The zero-order valence-corrected chi connectivity index (χ0v) is 12.7. The molecule has 2 aromatic rings. The Morgan fingerprint density at radius 2 is 1.76 bits per heavy atom. The lowest BCUT2D eigenvalue weighted by atomic mass is 9.87. The molecular weight excluding hydrogens is 268 g/mol. The fraction of sp³-hybridized carbons (Fsp3) is 0.375. The van der Waals surface area contributed by atoms with Crippen molar-refractivity contribution in [2.45, 2.75) is 38.9 Å². The Kier molecular flexibility index (Phi) is 3.22. The van der Waals surface area contributed by atoms with Crippen molar-refractivity contribution in [2.75, 3.05) is 0 Å². The molecule has 1 aromatic heterocycles. The number of fused-ring (bicyclic) bond motifs is 1. The summed E-state index contributed by atoms with van der Waals surface area (Å²) in [6, 6.07) is 7.78. The molecule has 1 aromatic carbocycles. The molecule has 0 saturated carbocycles. The normalized spacial score (nSPS) is 21.2. The maximum absolute atomic E-state index is 14.5. The minimum absolute atomic E-state index is 0.418.